The van der Waals surface area contributed by atoms with E-state index in [9.17, 15) is 10.2 Å². The van der Waals surface area contributed by atoms with Crippen LogP contribution in [0.25, 0.3) is 0 Å². The molecule has 2 N–H and O–H groups in total. The zero-order valence-electron chi connectivity index (χ0n) is 15.9. The number of rotatable bonds is 5. The van der Waals surface area contributed by atoms with Crippen molar-refractivity contribution < 1.29 is 14.9 Å². The molecule has 1 saturated heterocycles. The van der Waals surface area contributed by atoms with Gasteiger partial charge in [-0.05, 0) is 36.3 Å². The number of methoxy groups -OCH3 is 1. The van der Waals surface area contributed by atoms with Gasteiger partial charge in [-0.2, -0.15) is 0 Å². The second kappa shape index (κ2) is 7.63. The summed E-state index contributed by atoms with van der Waals surface area (Å²) in [5, 5.41) is 21.8. The SMILES string of the molecule is COc1ccccc1C1(O)CC(CO)CC2CN(Cc3ccccc3)CC21. The Labute approximate surface area is 161 Å². The second-order valence-corrected chi connectivity index (χ2v) is 8.16. The Bertz CT molecular complexity index is 765. The van der Waals surface area contributed by atoms with E-state index in [2.05, 4.69) is 29.2 Å². The molecular weight excluding hydrogens is 338 g/mol. The molecule has 4 rings (SSSR count). The molecule has 2 aliphatic rings. The minimum Gasteiger partial charge on any atom is -0.496 e. The van der Waals surface area contributed by atoms with Crippen molar-refractivity contribution >= 4 is 0 Å². The molecule has 144 valence electrons. The first-order chi connectivity index (χ1) is 13.1. The third kappa shape index (κ3) is 3.49. The van der Waals surface area contributed by atoms with Crippen molar-refractivity contribution in [3.63, 3.8) is 0 Å². The van der Waals surface area contributed by atoms with Crippen molar-refractivity contribution in [1.29, 1.82) is 0 Å². The van der Waals surface area contributed by atoms with E-state index in [1.807, 2.05) is 30.3 Å². The van der Waals surface area contributed by atoms with Crippen LogP contribution in [0.5, 0.6) is 5.75 Å². The number of hydrogen-bond acceptors (Lipinski definition) is 4. The molecule has 4 heteroatoms. The van der Waals surface area contributed by atoms with Gasteiger partial charge in [0.05, 0.1) is 12.7 Å². The molecular formula is C23H29NO3. The predicted molar refractivity (Wildman–Crippen MR) is 105 cm³/mol. The lowest BCUT2D eigenvalue weighted by molar-refractivity contribution is -0.0920. The summed E-state index contributed by atoms with van der Waals surface area (Å²) < 4.78 is 5.57. The molecule has 1 aliphatic carbocycles. The highest BCUT2D eigenvalue weighted by molar-refractivity contribution is 5.39. The summed E-state index contributed by atoms with van der Waals surface area (Å²) in [6.07, 6.45) is 1.56. The Hall–Kier alpha value is -1.88. The number of aliphatic hydroxyl groups is 2. The summed E-state index contributed by atoms with van der Waals surface area (Å²) >= 11 is 0. The molecule has 1 saturated carbocycles. The lowest BCUT2D eigenvalue weighted by atomic mass is 9.64. The normalized spacial score (nSPS) is 30.9. The fourth-order valence-corrected chi connectivity index (χ4v) is 5.27. The van der Waals surface area contributed by atoms with Gasteiger partial charge >= 0.3 is 0 Å². The quantitative estimate of drug-likeness (QED) is 0.853. The van der Waals surface area contributed by atoms with E-state index in [-0.39, 0.29) is 18.4 Å². The Morgan fingerprint density at radius 1 is 1.07 bits per heavy atom. The molecule has 1 aliphatic heterocycles. The van der Waals surface area contributed by atoms with Crippen LogP contribution in [-0.2, 0) is 12.1 Å². The number of para-hydroxylation sites is 1. The van der Waals surface area contributed by atoms with E-state index in [4.69, 9.17) is 4.74 Å². The van der Waals surface area contributed by atoms with Gasteiger partial charge in [0.25, 0.3) is 0 Å². The first-order valence-corrected chi connectivity index (χ1v) is 9.87. The van der Waals surface area contributed by atoms with Crippen LogP contribution in [-0.4, -0.2) is 41.9 Å². The van der Waals surface area contributed by atoms with Crippen molar-refractivity contribution in [3.05, 3.63) is 65.7 Å². The fourth-order valence-electron chi connectivity index (χ4n) is 5.27. The third-order valence-electron chi connectivity index (χ3n) is 6.45. The topological polar surface area (TPSA) is 52.9 Å². The van der Waals surface area contributed by atoms with E-state index < -0.39 is 5.60 Å². The van der Waals surface area contributed by atoms with Crippen LogP contribution in [0.1, 0.15) is 24.0 Å². The van der Waals surface area contributed by atoms with Crippen LogP contribution >= 0.6 is 0 Å². The van der Waals surface area contributed by atoms with Crippen molar-refractivity contribution in [3.8, 4) is 5.75 Å². The number of likely N-dealkylation sites (tertiary alicyclic amines) is 1. The fraction of sp³-hybridized carbons (Fsp3) is 0.478. The van der Waals surface area contributed by atoms with Crippen LogP contribution < -0.4 is 4.74 Å². The van der Waals surface area contributed by atoms with Crippen molar-refractivity contribution in [2.45, 2.75) is 25.0 Å². The lowest BCUT2D eigenvalue weighted by Gasteiger charge is -2.45. The Balaban J connectivity index is 1.63. The first-order valence-electron chi connectivity index (χ1n) is 9.87. The number of fused-ring (bicyclic) bond motifs is 1. The maximum Gasteiger partial charge on any atom is 0.124 e. The van der Waals surface area contributed by atoms with Gasteiger partial charge in [-0.25, -0.2) is 0 Å². The van der Waals surface area contributed by atoms with Gasteiger partial charge in [-0.3, -0.25) is 4.90 Å². The largest absolute Gasteiger partial charge is 0.496 e. The molecule has 4 unspecified atom stereocenters. The van der Waals surface area contributed by atoms with Gasteiger partial charge in [0.1, 0.15) is 5.75 Å². The van der Waals surface area contributed by atoms with Crippen LogP contribution in [0.4, 0.5) is 0 Å². The predicted octanol–water partition coefficient (Wildman–Crippen LogP) is 3.03. The Kier molecular flexibility index (Phi) is 5.22. The summed E-state index contributed by atoms with van der Waals surface area (Å²) in [5.74, 6) is 1.39. The van der Waals surface area contributed by atoms with Crippen molar-refractivity contribution in [2.75, 3.05) is 26.8 Å². The number of ether oxygens (including phenoxy) is 1. The minimum absolute atomic E-state index is 0.123. The number of aliphatic hydroxyl groups excluding tert-OH is 1. The average molecular weight is 367 g/mol. The van der Waals surface area contributed by atoms with E-state index in [0.29, 0.717) is 12.3 Å². The molecule has 0 amide bonds. The van der Waals surface area contributed by atoms with Gasteiger partial charge in [0, 0.05) is 37.7 Å². The highest BCUT2D eigenvalue weighted by Crippen LogP contribution is 2.52. The van der Waals surface area contributed by atoms with Gasteiger partial charge in [0.15, 0.2) is 0 Å². The van der Waals surface area contributed by atoms with Crippen molar-refractivity contribution in [2.24, 2.45) is 17.8 Å². The monoisotopic (exact) mass is 367 g/mol. The zero-order chi connectivity index (χ0) is 18.9. The minimum atomic E-state index is -0.964. The van der Waals surface area contributed by atoms with E-state index in [1.54, 1.807) is 7.11 Å². The van der Waals surface area contributed by atoms with E-state index in [0.717, 1.165) is 37.4 Å². The highest BCUT2D eigenvalue weighted by Gasteiger charge is 2.53. The standard InChI is InChI=1S/C23H29NO3/c1-27-22-10-6-5-9-20(22)23(26)12-18(16-25)11-19-14-24(15-21(19)23)13-17-7-3-2-4-8-17/h2-10,18-19,21,25-26H,11-16H2,1H3. The van der Waals surface area contributed by atoms with Gasteiger partial charge in [0.2, 0.25) is 0 Å². The molecule has 1 heterocycles. The summed E-state index contributed by atoms with van der Waals surface area (Å²) in [6.45, 7) is 2.86. The summed E-state index contributed by atoms with van der Waals surface area (Å²) in [6, 6.07) is 18.3. The molecule has 4 nitrogen and oxygen atoms in total. The molecule has 2 aromatic carbocycles. The van der Waals surface area contributed by atoms with E-state index >= 15 is 0 Å². The van der Waals surface area contributed by atoms with Gasteiger partial charge < -0.3 is 14.9 Å². The average Bonchev–Trinajstić information content (AvgIpc) is 3.12. The molecule has 27 heavy (non-hydrogen) atoms. The number of nitrogens with zero attached hydrogens (tertiary/aromatic N) is 1. The Morgan fingerprint density at radius 3 is 2.56 bits per heavy atom. The van der Waals surface area contributed by atoms with Crippen LogP contribution in [0, 0.1) is 17.8 Å². The van der Waals surface area contributed by atoms with Gasteiger partial charge in [-0.1, -0.05) is 48.5 Å². The van der Waals surface area contributed by atoms with Crippen LogP contribution in [0.2, 0.25) is 0 Å². The molecule has 2 fully saturated rings. The lowest BCUT2D eigenvalue weighted by Crippen LogP contribution is -2.46. The summed E-state index contributed by atoms with van der Waals surface area (Å²) in [5.41, 5.74) is 1.20. The molecule has 0 aromatic heterocycles. The zero-order valence-corrected chi connectivity index (χ0v) is 15.9. The maximum absolute atomic E-state index is 11.9. The highest BCUT2D eigenvalue weighted by atomic mass is 16.5. The van der Waals surface area contributed by atoms with Crippen LogP contribution in [0.15, 0.2) is 54.6 Å². The first kappa shape index (κ1) is 18.5. The van der Waals surface area contributed by atoms with Crippen LogP contribution in [0.3, 0.4) is 0 Å². The molecule has 2 aromatic rings. The summed E-state index contributed by atoms with van der Waals surface area (Å²) in [7, 11) is 1.66. The molecule has 0 radical (unpaired) electrons. The number of benzene rings is 2. The number of hydrogen-bond donors (Lipinski definition) is 2. The third-order valence-corrected chi connectivity index (χ3v) is 6.45. The second-order valence-electron chi connectivity index (χ2n) is 8.16. The molecule has 0 bridgehead atoms. The summed E-state index contributed by atoms with van der Waals surface area (Å²) in [4.78, 5) is 2.45. The smallest absolute Gasteiger partial charge is 0.124 e. The molecule has 0 spiro atoms. The molecule has 4 atom stereocenters. The van der Waals surface area contributed by atoms with E-state index in [1.165, 1.54) is 5.56 Å². The Morgan fingerprint density at radius 2 is 1.81 bits per heavy atom. The van der Waals surface area contributed by atoms with Crippen molar-refractivity contribution in [1.82, 2.24) is 4.90 Å². The van der Waals surface area contributed by atoms with Gasteiger partial charge in [-0.15, -0.1) is 0 Å². The maximum atomic E-state index is 11.9.